The van der Waals surface area contributed by atoms with E-state index in [2.05, 4.69) is 5.32 Å². The van der Waals surface area contributed by atoms with E-state index in [9.17, 15) is 9.59 Å². The lowest BCUT2D eigenvalue weighted by atomic mass is 9.86. The zero-order valence-corrected chi connectivity index (χ0v) is 13.6. The van der Waals surface area contributed by atoms with E-state index in [1.165, 1.54) is 0 Å². The van der Waals surface area contributed by atoms with E-state index in [1.54, 1.807) is 11.0 Å². The second-order valence-corrected chi connectivity index (χ2v) is 6.90. The van der Waals surface area contributed by atoms with Crippen molar-refractivity contribution in [1.82, 2.24) is 5.32 Å². The fraction of sp³-hybridized carbons (Fsp3) is 0.500. The van der Waals surface area contributed by atoms with Gasteiger partial charge in [0.05, 0.1) is 0 Å². The molecule has 1 aliphatic heterocycles. The van der Waals surface area contributed by atoms with E-state index in [1.807, 2.05) is 39.8 Å². The molecule has 5 heteroatoms. The molecule has 21 heavy (non-hydrogen) atoms. The van der Waals surface area contributed by atoms with Crippen molar-refractivity contribution in [2.75, 3.05) is 11.4 Å². The first kappa shape index (κ1) is 15.8. The van der Waals surface area contributed by atoms with Gasteiger partial charge in [0, 0.05) is 23.7 Å². The Kier molecular flexibility index (Phi) is 4.28. The molecule has 1 saturated heterocycles. The largest absolute Gasteiger partial charge is 0.344 e. The normalized spacial score (nSPS) is 20.2. The van der Waals surface area contributed by atoms with Gasteiger partial charge in [0.15, 0.2) is 0 Å². The fourth-order valence-electron chi connectivity index (χ4n) is 2.49. The summed E-state index contributed by atoms with van der Waals surface area (Å²) >= 11 is 6.16. The maximum Gasteiger partial charge on any atom is 0.250 e. The summed E-state index contributed by atoms with van der Waals surface area (Å²) in [5.41, 5.74) is 1.29. The second kappa shape index (κ2) is 5.68. The number of halogens is 1. The number of nitrogens with one attached hydrogen (secondary N) is 1. The van der Waals surface area contributed by atoms with Crippen molar-refractivity contribution < 1.29 is 9.59 Å². The molecule has 0 aliphatic carbocycles. The number of rotatable bonds is 1. The van der Waals surface area contributed by atoms with Gasteiger partial charge < -0.3 is 10.2 Å². The van der Waals surface area contributed by atoms with Crippen LogP contribution in [-0.4, -0.2) is 24.4 Å². The highest BCUT2D eigenvalue weighted by molar-refractivity contribution is 6.31. The van der Waals surface area contributed by atoms with Crippen LogP contribution in [0.15, 0.2) is 18.2 Å². The number of nitrogens with zero attached hydrogens (tertiary/aromatic N) is 1. The predicted octanol–water partition coefficient (Wildman–Crippen LogP) is 2.92. The molecule has 1 aromatic rings. The molecule has 2 amide bonds. The molecule has 2 rings (SSSR count). The maximum atomic E-state index is 12.9. The van der Waals surface area contributed by atoms with Crippen LogP contribution in [0.4, 0.5) is 5.69 Å². The lowest BCUT2D eigenvalue weighted by Gasteiger charge is -2.32. The van der Waals surface area contributed by atoms with Crippen LogP contribution in [0, 0.1) is 12.3 Å². The SMILES string of the molecule is Cc1c(Cl)cccc1N1CCC(=O)NC(C(C)(C)C)C1=O. The van der Waals surface area contributed by atoms with E-state index in [0.29, 0.717) is 18.0 Å². The standard InChI is InChI=1S/C16H21ClN2O2/c1-10-11(17)6-5-7-12(10)19-9-8-13(20)18-14(15(19)21)16(2,3)4/h5-7,14H,8-9H2,1-4H3,(H,18,20). The molecule has 0 radical (unpaired) electrons. The van der Waals surface area contributed by atoms with Crippen LogP contribution in [0.3, 0.4) is 0 Å². The molecule has 114 valence electrons. The number of carbonyl (C=O) groups is 2. The number of amides is 2. The van der Waals surface area contributed by atoms with Crippen LogP contribution >= 0.6 is 11.6 Å². The average Bonchev–Trinajstić information content (AvgIpc) is 2.53. The lowest BCUT2D eigenvalue weighted by molar-refractivity contribution is -0.127. The summed E-state index contributed by atoms with van der Waals surface area (Å²) in [7, 11) is 0. The van der Waals surface area contributed by atoms with Crippen LogP contribution in [0.2, 0.25) is 5.02 Å². The van der Waals surface area contributed by atoms with Gasteiger partial charge in [0.1, 0.15) is 6.04 Å². The molecule has 1 fully saturated rings. The summed E-state index contributed by atoms with van der Waals surface area (Å²) in [5, 5.41) is 3.46. The quantitative estimate of drug-likeness (QED) is 0.867. The van der Waals surface area contributed by atoms with Crippen molar-refractivity contribution in [3.05, 3.63) is 28.8 Å². The average molecular weight is 309 g/mol. The molecule has 0 spiro atoms. The summed E-state index contributed by atoms with van der Waals surface area (Å²) < 4.78 is 0. The first-order valence-corrected chi connectivity index (χ1v) is 7.45. The summed E-state index contributed by atoms with van der Waals surface area (Å²) in [5.74, 6) is -0.177. The fourth-order valence-corrected chi connectivity index (χ4v) is 2.66. The number of anilines is 1. The van der Waals surface area contributed by atoms with Gasteiger partial charge in [-0.3, -0.25) is 9.59 Å². The third kappa shape index (κ3) is 3.21. The second-order valence-electron chi connectivity index (χ2n) is 6.49. The smallest absolute Gasteiger partial charge is 0.250 e. The molecule has 1 N–H and O–H groups in total. The lowest BCUT2D eigenvalue weighted by Crippen LogP contribution is -2.52. The third-order valence-corrected chi connectivity index (χ3v) is 4.19. The molecule has 1 unspecified atom stereocenters. The highest BCUT2D eigenvalue weighted by Crippen LogP contribution is 2.30. The van der Waals surface area contributed by atoms with Gasteiger partial charge in [0.2, 0.25) is 11.8 Å². The van der Waals surface area contributed by atoms with Gasteiger partial charge in [0.25, 0.3) is 0 Å². The molecule has 0 bridgehead atoms. The summed E-state index contributed by atoms with van der Waals surface area (Å²) in [4.78, 5) is 26.4. The summed E-state index contributed by atoms with van der Waals surface area (Å²) in [6, 6.07) is 4.96. The minimum absolute atomic E-state index is 0.0845. The zero-order chi connectivity index (χ0) is 15.8. The van der Waals surface area contributed by atoms with Crippen LogP contribution < -0.4 is 10.2 Å². The molecular weight excluding hydrogens is 288 g/mol. The first-order valence-electron chi connectivity index (χ1n) is 7.07. The van der Waals surface area contributed by atoms with Crippen LogP contribution in [0.25, 0.3) is 0 Å². The van der Waals surface area contributed by atoms with Crippen molar-refractivity contribution in [1.29, 1.82) is 0 Å². The molecule has 1 heterocycles. The molecule has 1 atom stereocenters. The summed E-state index contributed by atoms with van der Waals surface area (Å²) in [6.07, 6.45) is 0.296. The predicted molar refractivity (Wildman–Crippen MR) is 84.5 cm³/mol. The number of hydrogen-bond donors (Lipinski definition) is 1. The van der Waals surface area contributed by atoms with Crippen molar-refractivity contribution in [2.45, 2.75) is 40.2 Å². The molecule has 0 aromatic heterocycles. The van der Waals surface area contributed by atoms with Gasteiger partial charge in [-0.05, 0) is 30.0 Å². The van der Waals surface area contributed by atoms with Gasteiger partial charge >= 0.3 is 0 Å². The molecular formula is C16H21ClN2O2. The Morgan fingerprint density at radius 1 is 1.29 bits per heavy atom. The Bertz CT molecular complexity index is 578. The topological polar surface area (TPSA) is 49.4 Å². The Morgan fingerprint density at radius 3 is 2.57 bits per heavy atom. The van der Waals surface area contributed by atoms with Crippen molar-refractivity contribution in [3.63, 3.8) is 0 Å². The molecule has 4 nitrogen and oxygen atoms in total. The Morgan fingerprint density at radius 2 is 1.95 bits per heavy atom. The maximum absolute atomic E-state index is 12.9. The van der Waals surface area contributed by atoms with Gasteiger partial charge in [-0.1, -0.05) is 38.4 Å². The zero-order valence-electron chi connectivity index (χ0n) is 12.9. The van der Waals surface area contributed by atoms with Crippen molar-refractivity contribution in [3.8, 4) is 0 Å². The minimum atomic E-state index is -0.536. The van der Waals surface area contributed by atoms with E-state index >= 15 is 0 Å². The Balaban J connectivity index is 2.45. The number of hydrogen-bond acceptors (Lipinski definition) is 2. The third-order valence-electron chi connectivity index (χ3n) is 3.78. The monoisotopic (exact) mass is 308 g/mol. The van der Waals surface area contributed by atoms with Crippen LogP contribution in [0.5, 0.6) is 0 Å². The van der Waals surface area contributed by atoms with E-state index in [-0.39, 0.29) is 17.2 Å². The highest BCUT2D eigenvalue weighted by atomic mass is 35.5. The Labute approximate surface area is 130 Å². The van der Waals surface area contributed by atoms with Gasteiger partial charge in [-0.15, -0.1) is 0 Å². The molecule has 1 aromatic carbocycles. The van der Waals surface area contributed by atoms with E-state index < -0.39 is 6.04 Å². The minimum Gasteiger partial charge on any atom is -0.344 e. The van der Waals surface area contributed by atoms with Crippen molar-refractivity contribution >= 4 is 29.1 Å². The highest BCUT2D eigenvalue weighted by Gasteiger charge is 2.38. The summed E-state index contributed by atoms with van der Waals surface area (Å²) in [6.45, 7) is 8.11. The number of benzene rings is 1. The van der Waals surface area contributed by atoms with Gasteiger partial charge in [-0.2, -0.15) is 0 Å². The molecule has 1 aliphatic rings. The van der Waals surface area contributed by atoms with E-state index in [4.69, 9.17) is 11.6 Å². The van der Waals surface area contributed by atoms with Crippen LogP contribution in [0.1, 0.15) is 32.8 Å². The van der Waals surface area contributed by atoms with Crippen LogP contribution in [-0.2, 0) is 9.59 Å². The number of carbonyl (C=O) groups excluding carboxylic acids is 2. The Hall–Kier alpha value is -1.55. The molecule has 0 saturated carbocycles. The van der Waals surface area contributed by atoms with E-state index in [0.717, 1.165) is 11.3 Å². The first-order chi connectivity index (χ1) is 9.71. The van der Waals surface area contributed by atoms with Crippen molar-refractivity contribution in [2.24, 2.45) is 5.41 Å². The van der Waals surface area contributed by atoms with Gasteiger partial charge in [-0.25, -0.2) is 0 Å².